The largest absolute Gasteiger partial charge is 0.481 e. The van der Waals surface area contributed by atoms with E-state index < -0.39 is 6.10 Å². The van der Waals surface area contributed by atoms with Crippen molar-refractivity contribution < 1.29 is 14.3 Å². The van der Waals surface area contributed by atoms with Gasteiger partial charge in [0, 0.05) is 14.1 Å². The zero-order chi connectivity index (χ0) is 15.3. The quantitative estimate of drug-likeness (QED) is 0.882. The molecule has 0 aliphatic carbocycles. The maximum atomic E-state index is 11.9. The number of nitrogens with zero attached hydrogens (tertiary/aromatic N) is 1. The van der Waals surface area contributed by atoms with Crippen molar-refractivity contribution in [1.82, 2.24) is 10.2 Å². The van der Waals surface area contributed by atoms with Crippen LogP contribution in [0, 0.1) is 13.8 Å². The number of aryl methyl sites for hydroxylation is 1. The third-order valence-electron chi connectivity index (χ3n) is 3.14. The zero-order valence-electron chi connectivity index (χ0n) is 12.7. The van der Waals surface area contributed by atoms with Crippen molar-refractivity contribution in [3.63, 3.8) is 0 Å². The second kappa shape index (κ2) is 6.93. The van der Waals surface area contributed by atoms with Gasteiger partial charge in [-0.05, 0) is 38.0 Å². The second-order valence-corrected chi connectivity index (χ2v) is 4.96. The minimum absolute atomic E-state index is 0.0215. The fraction of sp³-hybridized carbons (Fsp3) is 0.467. The smallest absolute Gasteiger partial charge is 0.261 e. The number of carbonyl (C=O) groups excluding carboxylic acids is 2. The van der Waals surface area contributed by atoms with Crippen molar-refractivity contribution in [2.24, 2.45) is 0 Å². The highest BCUT2D eigenvalue weighted by atomic mass is 16.5. The Hall–Kier alpha value is -2.04. The summed E-state index contributed by atoms with van der Waals surface area (Å²) in [6.45, 7) is 5.58. The van der Waals surface area contributed by atoms with Crippen molar-refractivity contribution in [1.29, 1.82) is 0 Å². The molecule has 20 heavy (non-hydrogen) atoms. The molecule has 0 saturated heterocycles. The van der Waals surface area contributed by atoms with E-state index >= 15 is 0 Å². The van der Waals surface area contributed by atoms with Gasteiger partial charge >= 0.3 is 0 Å². The van der Waals surface area contributed by atoms with Crippen LogP contribution < -0.4 is 10.1 Å². The summed E-state index contributed by atoms with van der Waals surface area (Å²) in [6.07, 6.45) is -0.648. The zero-order valence-corrected chi connectivity index (χ0v) is 12.7. The standard InChI is InChI=1S/C15H22N2O3/c1-10-7-6-8-13(11(10)2)20-12(3)15(19)16-9-14(18)17(4)5/h6-8,12H,9H2,1-5H3,(H,16,19)/t12-/m1/s1. The van der Waals surface area contributed by atoms with Crippen LogP contribution >= 0.6 is 0 Å². The van der Waals surface area contributed by atoms with Gasteiger partial charge in [-0.15, -0.1) is 0 Å². The Morgan fingerprint density at radius 2 is 1.95 bits per heavy atom. The summed E-state index contributed by atoms with van der Waals surface area (Å²) in [7, 11) is 3.29. The van der Waals surface area contributed by atoms with Gasteiger partial charge in [0.05, 0.1) is 6.54 Å². The van der Waals surface area contributed by atoms with Crippen LogP contribution in [-0.4, -0.2) is 43.5 Å². The number of rotatable bonds is 5. The Bertz CT molecular complexity index is 498. The van der Waals surface area contributed by atoms with Crippen LogP contribution in [0.25, 0.3) is 0 Å². The number of hydrogen-bond donors (Lipinski definition) is 1. The van der Waals surface area contributed by atoms with E-state index in [-0.39, 0.29) is 18.4 Å². The molecule has 1 atom stereocenters. The molecule has 0 fully saturated rings. The second-order valence-electron chi connectivity index (χ2n) is 4.96. The summed E-state index contributed by atoms with van der Waals surface area (Å²) in [5, 5.41) is 2.56. The predicted molar refractivity (Wildman–Crippen MR) is 77.7 cm³/mol. The minimum Gasteiger partial charge on any atom is -0.481 e. The van der Waals surface area contributed by atoms with Crippen molar-refractivity contribution >= 4 is 11.8 Å². The Balaban J connectivity index is 2.58. The molecule has 0 aromatic heterocycles. The molecular weight excluding hydrogens is 256 g/mol. The fourth-order valence-electron chi connectivity index (χ4n) is 1.56. The van der Waals surface area contributed by atoms with Gasteiger partial charge in [-0.25, -0.2) is 0 Å². The van der Waals surface area contributed by atoms with Gasteiger partial charge in [-0.1, -0.05) is 12.1 Å². The molecule has 1 aromatic carbocycles. The lowest BCUT2D eigenvalue weighted by atomic mass is 10.1. The lowest BCUT2D eigenvalue weighted by Gasteiger charge is -2.17. The lowest BCUT2D eigenvalue weighted by molar-refractivity contribution is -0.133. The molecule has 110 valence electrons. The molecule has 1 aromatic rings. The van der Waals surface area contributed by atoms with E-state index in [1.54, 1.807) is 21.0 Å². The van der Waals surface area contributed by atoms with Crippen LogP contribution in [0.1, 0.15) is 18.1 Å². The molecule has 5 nitrogen and oxygen atoms in total. The van der Waals surface area contributed by atoms with Crippen LogP contribution in [0.4, 0.5) is 0 Å². The summed E-state index contributed by atoms with van der Waals surface area (Å²) < 4.78 is 5.64. The molecule has 0 bridgehead atoms. The third kappa shape index (κ3) is 4.26. The first-order valence-corrected chi connectivity index (χ1v) is 6.53. The van der Waals surface area contributed by atoms with E-state index in [1.807, 2.05) is 32.0 Å². The molecule has 0 unspecified atom stereocenters. The fourth-order valence-corrected chi connectivity index (χ4v) is 1.56. The molecule has 1 N–H and O–H groups in total. The van der Waals surface area contributed by atoms with E-state index in [0.29, 0.717) is 5.75 Å². The molecule has 0 radical (unpaired) electrons. The number of amides is 2. The number of carbonyl (C=O) groups is 2. The highest BCUT2D eigenvalue weighted by Gasteiger charge is 2.17. The van der Waals surface area contributed by atoms with Gasteiger partial charge in [-0.2, -0.15) is 0 Å². The monoisotopic (exact) mass is 278 g/mol. The summed E-state index contributed by atoms with van der Waals surface area (Å²) >= 11 is 0. The Labute approximate surface area is 119 Å². The molecular formula is C15H22N2O3. The maximum Gasteiger partial charge on any atom is 0.261 e. The number of ether oxygens (including phenoxy) is 1. The van der Waals surface area contributed by atoms with E-state index in [2.05, 4.69) is 5.32 Å². The maximum absolute atomic E-state index is 11.9. The molecule has 2 amide bonds. The summed E-state index contributed by atoms with van der Waals surface area (Å²) in [4.78, 5) is 24.7. The van der Waals surface area contributed by atoms with Gasteiger partial charge < -0.3 is 15.0 Å². The molecule has 0 spiro atoms. The van der Waals surface area contributed by atoms with Gasteiger partial charge in [0.15, 0.2) is 6.10 Å². The van der Waals surface area contributed by atoms with E-state index in [1.165, 1.54) is 4.90 Å². The first-order valence-electron chi connectivity index (χ1n) is 6.53. The summed E-state index contributed by atoms with van der Waals surface area (Å²) in [5.74, 6) is 0.227. The highest BCUT2D eigenvalue weighted by molar-refractivity contribution is 5.86. The van der Waals surface area contributed by atoms with Crippen LogP contribution in [0.15, 0.2) is 18.2 Å². The van der Waals surface area contributed by atoms with Crippen LogP contribution in [0.2, 0.25) is 0 Å². The first-order chi connectivity index (χ1) is 9.32. The predicted octanol–water partition coefficient (Wildman–Crippen LogP) is 1.28. The van der Waals surface area contributed by atoms with Gasteiger partial charge in [0.25, 0.3) is 5.91 Å². The Kier molecular flexibility index (Phi) is 5.55. The van der Waals surface area contributed by atoms with Crippen LogP contribution in [0.5, 0.6) is 5.75 Å². The van der Waals surface area contributed by atoms with Crippen LogP contribution in [0.3, 0.4) is 0 Å². The number of nitrogens with one attached hydrogen (secondary N) is 1. The number of likely N-dealkylation sites (N-methyl/N-ethyl adjacent to an activating group) is 1. The van der Waals surface area contributed by atoms with Crippen molar-refractivity contribution in [2.75, 3.05) is 20.6 Å². The molecule has 5 heteroatoms. The van der Waals surface area contributed by atoms with Crippen LogP contribution in [-0.2, 0) is 9.59 Å². The Morgan fingerprint density at radius 1 is 1.30 bits per heavy atom. The van der Waals surface area contributed by atoms with Gasteiger partial charge in [-0.3, -0.25) is 9.59 Å². The number of hydrogen-bond acceptors (Lipinski definition) is 3. The van der Waals surface area contributed by atoms with Gasteiger partial charge in [0.1, 0.15) is 5.75 Å². The van der Waals surface area contributed by atoms with E-state index in [0.717, 1.165) is 11.1 Å². The molecule has 0 aliphatic rings. The normalized spacial score (nSPS) is 11.7. The topological polar surface area (TPSA) is 58.6 Å². The first kappa shape index (κ1) is 16.0. The summed E-state index contributed by atoms with van der Waals surface area (Å²) in [5.41, 5.74) is 2.12. The lowest BCUT2D eigenvalue weighted by Crippen LogP contribution is -2.42. The van der Waals surface area contributed by atoms with E-state index in [9.17, 15) is 9.59 Å². The average molecular weight is 278 g/mol. The SMILES string of the molecule is Cc1cccc(O[C@H](C)C(=O)NCC(=O)N(C)C)c1C. The minimum atomic E-state index is -0.648. The van der Waals surface area contributed by atoms with E-state index in [4.69, 9.17) is 4.74 Å². The highest BCUT2D eigenvalue weighted by Crippen LogP contribution is 2.21. The van der Waals surface area contributed by atoms with Gasteiger partial charge in [0.2, 0.25) is 5.91 Å². The van der Waals surface area contributed by atoms with Crippen molar-refractivity contribution in [2.45, 2.75) is 26.9 Å². The number of benzene rings is 1. The van der Waals surface area contributed by atoms with Crippen molar-refractivity contribution in [3.8, 4) is 5.75 Å². The molecule has 1 rings (SSSR count). The van der Waals surface area contributed by atoms with Crippen molar-refractivity contribution in [3.05, 3.63) is 29.3 Å². The molecule has 0 aliphatic heterocycles. The molecule has 0 saturated carbocycles. The summed E-state index contributed by atoms with van der Waals surface area (Å²) in [6, 6.07) is 5.71. The molecule has 0 heterocycles. The third-order valence-corrected chi connectivity index (χ3v) is 3.14. The Morgan fingerprint density at radius 3 is 2.55 bits per heavy atom. The average Bonchev–Trinajstić information content (AvgIpc) is 2.40.